The van der Waals surface area contributed by atoms with E-state index in [-0.39, 0.29) is 24.8 Å². The number of methoxy groups -OCH3 is 1. The van der Waals surface area contributed by atoms with Gasteiger partial charge in [-0.3, -0.25) is 9.59 Å². The van der Waals surface area contributed by atoms with Crippen LogP contribution in [0.15, 0.2) is 49.2 Å². The molecule has 1 unspecified atom stereocenters. The predicted molar refractivity (Wildman–Crippen MR) is 106 cm³/mol. The monoisotopic (exact) mass is 392 g/mol. The molecule has 2 amide bonds. The van der Waals surface area contributed by atoms with E-state index < -0.39 is 5.92 Å². The third-order valence-corrected chi connectivity index (χ3v) is 4.80. The average Bonchev–Trinajstić information content (AvgIpc) is 3.38. The summed E-state index contributed by atoms with van der Waals surface area (Å²) in [5.41, 5.74) is 2.19. The lowest BCUT2D eigenvalue weighted by Crippen LogP contribution is -2.28. The molecule has 3 aromatic rings. The van der Waals surface area contributed by atoms with Crippen LogP contribution in [-0.4, -0.2) is 45.2 Å². The molecule has 3 heterocycles. The summed E-state index contributed by atoms with van der Waals surface area (Å²) in [6, 6.07) is 9.09. The van der Waals surface area contributed by atoms with Gasteiger partial charge in [-0.15, -0.1) is 0 Å². The average molecular weight is 392 g/mol. The Labute approximate surface area is 167 Å². The Kier molecular flexibility index (Phi) is 4.94. The van der Waals surface area contributed by atoms with E-state index in [0.29, 0.717) is 22.9 Å². The standard InChI is InChI=1S/C20H20N6O3/c1-13-5-6-17(29-2)16(8-13)25-10-14(9-18(25)27)20(28)24-15-4-3-7-22-19(15)26-12-21-11-23-26/h3-8,11-12,14H,9-10H2,1-2H3,(H,24,28). The van der Waals surface area contributed by atoms with Crippen LogP contribution in [0, 0.1) is 12.8 Å². The van der Waals surface area contributed by atoms with Crippen molar-refractivity contribution in [1.29, 1.82) is 0 Å². The number of benzene rings is 1. The maximum absolute atomic E-state index is 12.9. The van der Waals surface area contributed by atoms with Crippen LogP contribution >= 0.6 is 0 Å². The van der Waals surface area contributed by atoms with Gasteiger partial charge in [0, 0.05) is 19.2 Å². The molecule has 0 bridgehead atoms. The van der Waals surface area contributed by atoms with E-state index in [4.69, 9.17) is 4.74 Å². The Balaban J connectivity index is 1.54. The number of carbonyl (C=O) groups is 2. The van der Waals surface area contributed by atoms with Crippen molar-refractivity contribution in [2.75, 3.05) is 23.9 Å². The van der Waals surface area contributed by atoms with E-state index in [1.165, 1.54) is 17.3 Å². The number of amides is 2. The van der Waals surface area contributed by atoms with Crippen molar-refractivity contribution >= 4 is 23.2 Å². The molecule has 0 saturated carbocycles. The van der Waals surface area contributed by atoms with Gasteiger partial charge in [-0.1, -0.05) is 6.07 Å². The highest BCUT2D eigenvalue weighted by atomic mass is 16.5. The van der Waals surface area contributed by atoms with Crippen LogP contribution in [0.1, 0.15) is 12.0 Å². The van der Waals surface area contributed by atoms with Crippen LogP contribution in [0.4, 0.5) is 11.4 Å². The number of pyridine rings is 1. The third kappa shape index (κ3) is 3.66. The van der Waals surface area contributed by atoms with Gasteiger partial charge in [0.25, 0.3) is 0 Å². The van der Waals surface area contributed by atoms with Gasteiger partial charge < -0.3 is 15.0 Å². The smallest absolute Gasteiger partial charge is 0.229 e. The van der Waals surface area contributed by atoms with Crippen molar-refractivity contribution in [3.63, 3.8) is 0 Å². The SMILES string of the molecule is COc1ccc(C)cc1N1CC(C(=O)Nc2cccnc2-n2cncn2)CC1=O. The normalized spacial score (nSPS) is 16.1. The minimum absolute atomic E-state index is 0.114. The first-order chi connectivity index (χ1) is 14.1. The minimum atomic E-state index is -0.489. The maximum atomic E-state index is 12.9. The zero-order valence-electron chi connectivity index (χ0n) is 16.1. The number of anilines is 2. The van der Waals surface area contributed by atoms with E-state index in [1.807, 2.05) is 25.1 Å². The van der Waals surface area contributed by atoms with Gasteiger partial charge in [0.1, 0.15) is 18.4 Å². The van der Waals surface area contributed by atoms with Crippen molar-refractivity contribution in [2.24, 2.45) is 5.92 Å². The molecule has 4 rings (SSSR count). The summed E-state index contributed by atoms with van der Waals surface area (Å²) in [7, 11) is 1.56. The van der Waals surface area contributed by atoms with Crippen LogP contribution in [0.2, 0.25) is 0 Å². The van der Waals surface area contributed by atoms with Crippen LogP contribution in [0.3, 0.4) is 0 Å². The number of aryl methyl sites for hydroxylation is 1. The Morgan fingerprint density at radius 1 is 1.31 bits per heavy atom. The molecule has 1 aliphatic rings. The zero-order chi connectivity index (χ0) is 20.4. The lowest BCUT2D eigenvalue weighted by Gasteiger charge is -2.20. The first-order valence-electron chi connectivity index (χ1n) is 9.12. The maximum Gasteiger partial charge on any atom is 0.229 e. The molecule has 1 saturated heterocycles. The quantitative estimate of drug-likeness (QED) is 0.712. The molecule has 1 aliphatic heterocycles. The Morgan fingerprint density at radius 3 is 2.93 bits per heavy atom. The first-order valence-corrected chi connectivity index (χ1v) is 9.12. The lowest BCUT2D eigenvalue weighted by molar-refractivity contribution is -0.122. The molecule has 2 aromatic heterocycles. The summed E-state index contributed by atoms with van der Waals surface area (Å²) in [5.74, 6) is 0.209. The number of carbonyl (C=O) groups excluding carboxylic acids is 2. The highest BCUT2D eigenvalue weighted by Gasteiger charge is 2.36. The van der Waals surface area contributed by atoms with Gasteiger partial charge in [-0.25, -0.2) is 14.6 Å². The van der Waals surface area contributed by atoms with Crippen LogP contribution in [0.25, 0.3) is 5.82 Å². The molecule has 1 atom stereocenters. The number of ether oxygens (including phenoxy) is 1. The van der Waals surface area contributed by atoms with Gasteiger partial charge in [-0.05, 0) is 36.8 Å². The minimum Gasteiger partial charge on any atom is -0.495 e. The van der Waals surface area contributed by atoms with Crippen molar-refractivity contribution < 1.29 is 14.3 Å². The number of nitrogens with one attached hydrogen (secondary N) is 1. The Morgan fingerprint density at radius 2 is 2.17 bits per heavy atom. The molecule has 9 heteroatoms. The fraction of sp³-hybridized carbons (Fsp3) is 0.250. The predicted octanol–water partition coefficient (Wildman–Crippen LogP) is 1.97. The number of nitrogens with zero attached hydrogens (tertiary/aromatic N) is 5. The van der Waals surface area contributed by atoms with E-state index in [0.717, 1.165) is 5.56 Å². The van der Waals surface area contributed by atoms with Crippen LogP contribution in [0.5, 0.6) is 5.75 Å². The number of aromatic nitrogens is 4. The molecule has 9 nitrogen and oxygen atoms in total. The van der Waals surface area contributed by atoms with Gasteiger partial charge in [-0.2, -0.15) is 5.10 Å². The number of rotatable bonds is 5. The highest BCUT2D eigenvalue weighted by Crippen LogP contribution is 2.34. The molecule has 29 heavy (non-hydrogen) atoms. The summed E-state index contributed by atoms with van der Waals surface area (Å²) < 4.78 is 6.86. The molecule has 0 aliphatic carbocycles. The van der Waals surface area contributed by atoms with E-state index in [1.54, 1.807) is 30.3 Å². The van der Waals surface area contributed by atoms with Crippen molar-refractivity contribution in [2.45, 2.75) is 13.3 Å². The largest absolute Gasteiger partial charge is 0.495 e. The van der Waals surface area contributed by atoms with Crippen LogP contribution < -0.4 is 15.0 Å². The number of hydrogen-bond acceptors (Lipinski definition) is 6. The van der Waals surface area contributed by atoms with Crippen molar-refractivity contribution in [3.8, 4) is 11.6 Å². The molecular formula is C20H20N6O3. The summed E-state index contributed by atoms with van der Waals surface area (Å²) in [4.78, 5) is 35.3. The summed E-state index contributed by atoms with van der Waals surface area (Å²) in [6.07, 6.45) is 4.63. The van der Waals surface area contributed by atoms with Gasteiger partial charge in [0.2, 0.25) is 11.8 Å². The second kappa shape index (κ2) is 7.70. The molecule has 0 spiro atoms. The van der Waals surface area contributed by atoms with Gasteiger partial charge >= 0.3 is 0 Å². The molecule has 1 aromatic carbocycles. The Bertz CT molecular complexity index is 1050. The van der Waals surface area contributed by atoms with E-state index in [9.17, 15) is 9.59 Å². The van der Waals surface area contributed by atoms with E-state index >= 15 is 0 Å². The summed E-state index contributed by atoms with van der Waals surface area (Å²) in [5, 5.41) is 6.93. The second-order valence-corrected chi connectivity index (χ2v) is 6.78. The number of hydrogen-bond donors (Lipinski definition) is 1. The van der Waals surface area contributed by atoms with Crippen molar-refractivity contribution in [1.82, 2.24) is 19.7 Å². The lowest BCUT2D eigenvalue weighted by atomic mass is 10.1. The molecule has 0 radical (unpaired) electrons. The first kappa shape index (κ1) is 18.6. The van der Waals surface area contributed by atoms with Crippen LogP contribution in [-0.2, 0) is 9.59 Å². The zero-order valence-corrected chi connectivity index (χ0v) is 16.1. The third-order valence-electron chi connectivity index (χ3n) is 4.80. The molecule has 1 N–H and O–H groups in total. The summed E-state index contributed by atoms with van der Waals surface area (Å²) >= 11 is 0. The topological polar surface area (TPSA) is 102 Å². The molecule has 148 valence electrons. The highest BCUT2D eigenvalue weighted by molar-refractivity contribution is 6.04. The van der Waals surface area contributed by atoms with Gasteiger partial charge in [0.15, 0.2) is 5.82 Å². The van der Waals surface area contributed by atoms with Gasteiger partial charge in [0.05, 0.1) is 24.4 Å². The second-order valence-electron chi connectivity index (χ2n) is 6.78. The molecular weight excluding hydrogens is 372 g/mol. The molecule has 1 fully saturated rings. The Hall–Kier alpha value is -3.75. The van der Waals surface area contributed by atoms with Crippen molar-refractivity contribution in [3.05, 3.63) is 54.7 Å². The van der Waals surface area contributed by atoms with E-state index in [2.05, 4.69) is 20.4 Å². The summed E-state index contributed by atoms with van der Waals surface area (Å²) in [6.45, 7) is 2.23. The fourth-order valence-electron chi connectivity index (χ4n) is 3.36. The fourth-order valence-corrected chi connectivity index (χ4v) is 3.36.